The molecule has 0 bridgehead atoms. The van der Waals surface area contributed by atoms with Gasteiger partial charge in [0.25, 0.3) is 0 Å². The van der Waals surface area contributed by atoms with E-state index in [1.807, 2.05) is 6.07 Å². The topological polar surface area (TPSA) is 17.8 Å². The highest BCUT2D eigenvalue weighted by Crippen LogP contribution is 2.40. The number of rotatable bonds is 2. The number of hydrogen-bond donors (Lipinski definition) is 0. The van der Waals surface area contributed by atoms with Crippen molar-refractivity contribution >= 4 is 11.0 Å². The van der Waals surface area contributed by atoms with Gasteiger partial charge in [0.15, 0.2) is 0 Å². The summed E-state index contributed by atoms with van der Waals surface area (Å²) in [5, 5.41) is 0. The molecule has 2 nitrogen and oxygen atoms in total. The minimum Gasteiger partial charge on any atom is -0.328 e. The molecule has 2 rings (SSSR count). The van der Waals surface area contributed by atoms with Gasteiger partial charge < -0.3 is 4.57 Å². The van der Waals surface area contributed by atoms with E-state index in [1.54, 1.807) is 0 Å². The summed E-state index contributed by atoms with van der Waals surface area (Å²) >= 11 is 0. The molecular weight excluding hydrogens is 220 g/mol. The molecule has 0 spiro atoms. The molecule has 0 N–H and O–H groups in total. The quantitative estimate of drug-likeness (QED) is 0.764. The van der Waals surface area contributed by atoms with Crippen molar-refractivity contribution in [1.82, 2.24) is 9.55 Å². The Morgan fingerprint density at radius 3 is 2.28 bits per heavy atom. The van der Waals surface area contributed by atoms with E-state index < -0.39 is 0 Å². The predicted octanol–water partition coefficient (Wildman–Crippen LogP) is 4.42. The zero-order chi connectivity index (χ0) is 13.6. The molecule has 0 aliphatic carbocycles. The summed E-state index contributed by atoms with van der Waals surface area (Å²) < 4.78 is 2.35. The van der Waals surface area contributed by atoms with Crippen LogP contribution >= 0.6 is 0 Å². The van der Waals surface area contributed by atoms with Gasteiger partial charge in [-0.15, -0.1) is 0 Å². The number of hydrogen-bond acceptors (Lipinski definition) is 1. The highest BCUT2D eigenvalue weighted by Gasteiger charge is 2.33. The first-order valence-corrected chi connectivity index (χ1v) is 6.64. The number of para-hydroxylation sites is 2. The molecule has 1 heterocycles. The van der Waals surface area contributed by atoms with Crippen molar-refractivity contribution in [3.8, 4) is 0 Å². The normalized spacial score (nSPS) is 13.2. The molecule has 0 saturated heterocycles. The first-order valence-electron chi connectivity index (χ1n) is 6.64. The Hall–Kier alpha value is -1.31. The molecule has 0 amide bonds. The Balaban J connectivity index is 2.47. The lowest BCUT2D eigenvalue weighted by Gasteiger charge is -2.39. The fourth-order valence-corrected chi connectivity index (χ4v) is 2.03. The van der Waals surface area contributed by atoms with Gasteiger partial charge in [-0.2, -0.15) is 0 Å². The fourth-order valence-electron chi connectivity index (χ4n) is 2.03. The van der Waals surface area contributed by atoms with E-state index >= 15 is 0 Å². The Morgan fingerprint density at radius 1 is 1.06 bits per heavy atom. The van der Waals surface area contributed by atoms with E-state index in [2.05, 4.69) is 69.3 Å². The van der Waals surface area contributed by atoms with Crippen LogP contribution in [0.3, 0.4) is 0 Å². The van der Waals surface area contributed by atoms with Crippen LogP contribution in [0.2, 0.25) is 0 Å². The van der Waals surface area contributed by atoms with Crippen LogP contribution in [-0.2, 0) is 6.54 Å². The maximum Gasteiger partial charge on any atom is 0.106 e. The number of fused-ring (bicyclic) bond motifs is 1. The molecule has 0 fully saturated rings. The zero-order valence-corrected chi connectivity index (χ0v) is 12.4. The third kappa shape index (κ3) is 2.16. The second kappa shape index (κ2) is 4.11. The Kier molecular flexibility index (Phi) is 3.00. The van der Waals surface area contributed by atoms with Crippen LogP contribution in [0.1, 0.15) is 40.4 Å². The summed E-state index contributed by atoms with van der Waals surface area (Å²) in [6.45, 7) is 14.7. The van der Waals surface area contributed by atoms with Crippen LogP contribution in [0.15, 0.2) is 24.3 Å². The fraction of sp³-hybridized carbons (Fsp3) is 0.562. The van der Waals surface area contributed by atoms with Gasteiger partial charge in [0.2, 0.25) is 0 Å². The standard InChI is InChI=1S/C16H24N2/c1-12-17-13-9-7-8-10-14(13)18(12)11-16(5,6)15(2,3)4/h7-10H,11H2,1-6H3. The first kappa shape index (κ1) is 13.1. The average Bonchev–Trinajstić information content (AvgIpc) is 2.54. The zero-order valence-electron chi connectivity index (χ0n) is 12.4. The lowest BCUT2D eigenvalue weighted by Crippen LogP contribution is -2.34. The summed E-state index contributed by atoms with van der Waals surface area (Å²) in [6, 6.07) is 8.38. The molecule has 2 aromatic rings. The molecule has 0 unspecified atom stereocenters. The third-order valence-corrected chi connectivity index (χ3v) is 4.43. The summed E-state index contributed by atoms with van der Waals surface area (Å²) in [5.41, 5.74) is 2.83. The first-order chi connectivity index (χ1) is 8.22. The number of nitrogens with zero attached hydrogens (tertiary/aromatic N) is 2. The van der Waals surface area contributed by atoms with Crippen molar-refractivity contribution < 1.29 is 0 Å². The van der Waals surface area contributed by atoms with Gasteiger partial charge in [-0.3, -0.25) is 0 Å². The van der Waals surface area contributed by atoms with Crippen LogP contribution in [0.4, 0.5) is 0 Å². The van der Waals surface area contributed by atoms with Crippen molar-refractivity contribution in [2.75, 3.05) is 0 Å². The average molecular weight is 244 g/mol. The predicted molar refractivity (Wildman–Crippen MR) is 77.7 cm³/mol. The minimum absolute atomic E-state index is 0.223. The van der Waals surface area contributed by atoms with Gasteiger partial charge >= 0.3 is 0 Å². The molecule has 0 aliphatic rings. The molecule has 2 heteroatoms. The molecule has 0 aliphatic heterocycles. The van der Waals surface area contributed by atoms with Crippen LogP contribution in [0, 0.1) is 17.8 Å². The molecule has 0 atom stereocenters. The maximum atomic E-state index is 4.64. The summed E-state index contributed by atoms with van der Waals surface area (Å²) in [5.74, 6) is 1.11. The molecule has 1 aromatic heterocycles. The van der Waals surface area contributed by atoms with Gasteiger partial charge in [0.05, 0.1) is 11.0 Å². The molecule has 0 radical (unpaired) electrons. The number of benzene rings is 1. The van der Waals surface area contributed by atoms with Crippen LogP contribution < -0.4 is 0 Å². The largest absolute Gasteiger partial charge is 0.328 e. The second-order valence-corrected chi connectivity index (χ2v) is 6.87. The number of aryl methyl sites for hydroxylation is 1. The van der Waals surface area contributed by atoms with Crippen LogP contribution in [0.5, 0.6) is 0 Å². The van der Waals surface area contributed by atoms with Crippen molar-refractivity contribution in [2.24, 2.45) is 10.8 Å². The van der Waals surface area contributed by atoms with Crippen molar-refractivity contribution in [3.63, 3.8) is 0 Å². The minimum atomic E-state index is 0.223. The van der Waals surface area contributed by atoms with E-state index in [9.17, 15) is 0 Å². The third-order valence-electron chi connectivity index (χ3n) is 4.43. The van der Waals surface area contributed by atoms with Crippen LogP contribution in [0.25, 0.3) is 11.0 Å². The number of imidazole rings is 1. The van der Waals surface area contributed by atoms with Crippen molar-refractivity contribution in [1.29, 1.82) is 0 Å². The van der Waals surface area contributed by atoms with Gasteiger partial charge in [-0.05, 0) is 29.9 Å². The second-order valence-electron chi connectivity index (χ2n) is 6.87. The van der Waals surface area contributed by atoms with Crippen molar-refractivity contribution in [2.45, 2.75) is 48.1 Å². The summed E-state index contributed by atoms with van der Waals surface area (Å²) in [7, 11) is 0. The van der Waals surface area contributed by atoms with E-state index in [4.69, 9.17) is 0 Å². The van der Waals surface area contributed by atoms with Crippen molar-refractivity contribution in [3.05, 3.63) is 30.1 Å². The molecule has 98 valence electrons. The monoisotopic (exact) mass is 244 g/mol. The lowest BCUT2D eigenvalue weighted by molar-refractivity contribution is 0.108. The highest BCUT2D eigenvalue weighted by molar-refractivity contribution is 5.75. The molecule has 18 heavy (non-hydrogen) atoms. The Labute approximate surface area is 110 Å². The van der Waals surface area contributed by atoms with E-state index in [0.717, 1.165) is 17.9 Å². The van der Waals surface area contributed by atoms with Gasteiger partial charge in [0, 0.05) is 6.54 Å². The Bertz CT molecular complexity index is 556. The van der Waals surface area contributed by atoms with Gasteiger partial charge in [0.1, 0.15) is 5.82 Å². The maximum absolute atomic E-state index is 4.64. The van der Waals surface area contributed by atoms with Gasteiger partial charge in [-0.25, -0.2) is 4.98 Å². The molecule has 1 aromatic carbocycles. The van der Waals surface area contributed by atoms with Gasteiger partial charge in [-0.1, -0.05) is 46.8 Å². The Morgan fingerprint density at radius 2 is 1.67 bits per heavy atom. The number of aromatic nitrogens is 2. The summed E-state index contributed by atoms with van der Waals surface area (Å²) in [6.07, 6.45) is 0. The van der Waals surface area contributed by atoms with Crippen LogP contribution in [-0.4, -0.2) is 9.55 Å². The molecule has 0 saturated carbocycles. The lowest BCUT2D eigenvalue weighted by atomic mass is 9.69. The SMILES string of the molecule is Cc1nc2ccccc2n1CC(C)(C)C(C)(C)C. The van der Waals surface area contributed by atoms with E-state index in [0.29, 0.717) is 0 Å². The molecular formula is C16H24N2. The highest BCUT2D eigenvalue weighted by atomic mass is 15.1. The smallest absolute Gasteiger partial charge is 0.106 e. The van der Waals surface area contributed by atoms with E-state index in [1.165, 1.54) is 5.52 Å². The van der Waals surface area contributed by atoms with E-state index in [-0.39, 0.29) is 10.8 Å². The summed E-state index contributed by atoms with van der Waals surface area (Å²) in [4.78, 5) is 4.64.